The molecule has 0 fully saturated rings. The predicted octanol–water partition coefficient (Wildman–Crippen LogP) is 4.66. The molecule has 4 nitrogen and oxygen atoms in total. The number of hydrogen-bond donors (Lipinski definition) is 1. The van der Waals surface area contributed by atoms with E-state index in [1.165, 1.54) is 0 Å². The van der Waals surface area contributed by atoms with Gasteiger partial charge < -0.3 is 9.84 Å². The molecule has 0 aliphatic rings. The average molecular weight is 320 g/mol. The van der Waals surface area contributed by atoms with Crippen LogP contribution >= 0.6 is 23.2 Å². The summed E-state index contributed by atoms with van der Waals surface area (Å²) in [5, 5.41) is 8.51. The Hall–Kier alpha value is -2.04. The summed E-state index contributed by atoms with van der Waals surface area (Å²) in [5.41, 5.74) is 1.80. The van der Waals surface area contributed by atoms with Crippen LogP contribution in [0.3, 0.4) is 0 Å². The van der Waals surface area contributed by atoms with Crippen molar-refractivity contribution in [2.24, 2.45) is 0 Å². The van der Waals surface area contributed by atoms with E-state index in [-0.39, 0.29) is 0 Å². The molecule has 1 N–H and O–H groups in total. The number of halogens is 2. The Labute approximate surface area is 131 Å². The van der Waals surface area contributed by atoms with E-state index in [0.717, 1.165) is 11.3 Å². The molecule has 3 rings (SSSR count). The fraction of sp³-hybridized carbons (Fsp3) is 0.0667. The first-order valence-electron chi connectivity index (χ1n) is 6.29. The van der Waals surface area contributed by atoms with E-state index in [1.807, 2.05) is 36.4 Å². The first-order valence-corrected chi connectivity index (χ1v) is 7.04. The topological polar surface area (TPSA) is 51.0 Å². The van der Waals surface area contributed by atoms with Crippen molar-refractivity contribution in [1.29, 1.82) is 0 Å². The molecule has 0 unspecified atom stereocenters. The number of anilines is 1. The number of hydrogen-bond acceptors (Lipinski definition) is 4. The minimum absolute atomic E-state index is 0.447. The summed E-state index contributed by atoms with van der Waals surface area (Å²) in [6.07, 6.45) is 0. The molecule has 0 atom stereocenters. The molecule has 3 aromatic rings. The summed E-state index contributed by atoms with van der Waals surface area (Å²) in [6.45, 7) is 0.447. The minimum Gasteiger partial charge on any atom is -0.376 e. The van der Waals surface area contributed by atoms with Gasteiger partial charge in [-0.25, -0.2) is 0 Å². The monoisotopic (exact) mass is 319 g/mol. The molecular formula is C15H11Cl2N3O. The average Bonchev–Trinajstić information content (AvgIpc) is 2.96. The fourth-order valence-corrected chi connectivity index (χ4v) is 2.04. The second-order valence-electron chi connectivity index (χ2n) is 4.38. The Bertz CT molecular complexity index is 723. The van der Waals surface area contributed by atoms with Crippen LogP contribution in [-0.2, 0) is 6.54 Å². The first kappa shape index (κ1) is 13.9. The second kappa shape index (κ2) is 6.16. The van der Waals surface area contributed by atoms with E-state index in [4.69, 9.17) is 27.7 Å². The third kappa shape index (κ3) is 3.54. The van der Waals surface area contributed by atoms with Gasteiger partial charge >= 0.3 is 0 Å². The normalized spacial score (nSPS) is 10.6. The van der Waals surface area contributed by atoms with E-state index in [9.17, 15) is 0 Å². The molecular weight excluding hydrogens is 309 g/mol. The van der Waals surface area contributed by atoms with Crippen molar-refractivity contribution in [2.75, 3.05) is 5.32 Å². The summed E-state index contributed by atoms with van der Waals surface area (Å²) in [5.74, 6) is 1.05. The van der Waals surface area contributed by atoms with E-state index < -0.39 is 0 Å². The van der Waals surface area contributed by atoms with Gasteiger partial charge in [0.1, 0.15) is 0 Å². The zero-order valence-corrected chi connectivity index (χ0v) is 12.4. The van der Waals surface area contributed by atoms with Crippen molar-refractivity contribution in [3.63, 3.8) is 0 Å². The highest BCUT2D eigenvalue weighted by Gasteiger charge is 2.08. The Morgan fingerprint density at radius 2 is 1.52 bits per heavy atom. The molecule has 0 radical (unpaired) electrons. The van der Waals surface area contributed by atoms with Crippen LogP contribution in [0.25, 0.3) is 11.4 Å². The van der Waals surface area contributed by atoms with Gasteiger partial charge in [-0.15, -0.1) is 0 Å². The number of nitrogens with one attached hydrogen (secondary N) is 1. The van der Waals surface area contributed by atoms with Crippen LogP contribution in [0.5, 0.6) is 0 Å². The van der Waals surface area contributed by atoms with Crippen LogP contribution in [0, 0.1) is 0 Å². The first-order chi connectivity index (χ1) is 10.2. The highest BCUT2D eigenvalue weighted by Crippen LogP contribution is 2.19. The lowest BCUT2D eigenvalue weighted by molar-refractivity contribution is 0.384. The summed E-state index contributed by atoms with van der Waals surface area (Å²) in [6, 6.07) is 14.7. The van der Waals surface area contributed by atoms with E-state index in [0.29, 0.717) is 28.3 Å². The SMILES string of the molecule is Clc1ccc(NCc2nc(-c3ccc(Cl)cc3)no2)cc1. The zero-order chi connectivity index (χ0) is 14.7. The molecule has 1 aromatic heterocycles. The highest BCUT2D eigenvalue weighted by molar-refractivity contribution is 6.30. The van der Waals surface area contributed by atoms with Gasteiger partial charge in [-0.05, 0) is 48.5 Å². The van der Waals surface area contributed by atoms with Crippen molar-refractivity contribution in [2.45, 2.75) is 6.54 Å². The van der Waals surface area contributed by atoms with Crippen molar-refractivity contribution >= 4 is 28.9 Å². The lowest BCUT2D eigenvalue weighted by Gasteiger charge is -2.02. The molecule has 2 aromatic carbocycles. The van der Waals surface area contributed by atoms with Crippen molar-refractivity contribution in [3.05, 3.63) is 64.5 Å². The lowest BCUT2D eigenvalue weighted by Crippen LogP contribution is -1.99. The number of rotatable bonds is 4. The van der Waals surface area contributed by atoms with Gasteiger partial charge in [-0.3, -0.25) is 0 Å². The number of benzene rings is 2. The van der Waals surface area contributed by atoms with Crippen molar-refractivity contribution in [3.8, 4) is 11.4 Å². The summed E-state index contributed by atoms with van der Waals surface area (Å²) >= 11 is 11.7. The molecule has 0 bridgehead atoms. The van der Waals surface area contributed by atoms with Crippen LogP contribution in [0.2, 0.25) is 10.0 Å². The van der Waals surface area contributed by atoms with Crippen LogP contribution in [-0.4, -0.2) is 10.1 Å². The van der Waals surface area contributed by atoms with Crippen LogP contribution < -0.4 is 5.32 Å². The second-order valence-corrected chi connectivity index (χ2v) is 5.25. The third-order valence-corrected chi connectivity index (χ3v) is 3.36. The van der Waals surface area contributed by atoms with Gasteiger partial charge in [0.15, 0.2) is 0 Å². The molecule has 21 heavy (non-hydrogen) atoms. The molecule has 106 valence electrons. The van der Waals surface area contributed by atoms with E-state index in [2.05, 4.69) is 15.5 Å². The third-order valence-electron chi connectivity index (χ3n) is 2.86. The summed E-state index contributed by atoms with van der Waals surface area (Å²) in [7, 11) is 0. The molecule has 0 saturated heterocycles. The Morgan fingerprint density at radius 1 is 0.905 bits per heavy atom. The largest absolute Gasteiger partial charge is 0.376 e. The van der Waals surface area contributed by atoms with Gasteiger partial charge in [0.2, 0.25) is 11.7 Å². The van der Waals surface area contributed by atoms with E-state index in [1.54, 1.807) is 12.1 Å². The quantitative estimate of drug-likeness (QED) is 0.760. The lowest BCUT2D eigenvalue weighted by atomic mass is 10.2. The maximum absolute atomic E-state index is 5.85. The molecule has 0 aliphatic carbocycles. The maximum Gasteiger partial charge on any atom is 0.246 e. The Kier molecular flexibility index (Phi) is 4.08. The Balaban J connectivity index is 1.67. The molecule has 0 aliphatic heterocycles. The van der Waals surface area contributed by atoms with Crippen LogP contribution in [0.15, 0.2) is 53.1 Å². The zero-order valence-electron chi connectivity index (χ0n) is 10.9. The molecule has 1 heterocycles. The number of aromatic nitrogens is 2. The maximum atomic E-state index is 5.85. The van der Waals surface area contributed by atoms with Crippen LogP contribution in [0.1, 0.15) is 5.89 Å². The van der Waals surface area contributed by atoms with Crippen molar-refractivity contribution < 1.29 is 4.52 Å². The molecule has 6 heteroatoms. The van der Waals surface area contributed by atoms with Crippen LogP contribution in [0.4, 0.5) is 5.69 Å². The number of nitrogens with zero attached hydrogens (tertiary/aromatic N) is 2. The standard InChI is InChI=1S/C15H11Cl2N3O/c16-11-3-1-10(2-4-11)15-19-14(21-20-15)9-18-13-7-5-12(17)6-8-13/h1-8,18H,9H2. The predicted molar refractivity (Wildman–Crippen MR) is 83.5 cm³/mol. The fourth-order valence-electron chi connectivity index (χ4n) is 1.79. The van der Waals surface area contributed by atoms with Gasteiger partial charge in [0.05, 0.1) is 6.54 Å². The molecule has 0 amide bonds. The Morgan fingerprint density at radius 3 is 2.19 bits per heavy atom. The molecule has 0 saturated carbocycles. The summed E-state index contributed by atoms with van der Waals surface area (Å²) in [4.78, 5) is 4.33. The highest BCUT2D eigenvalue weighted by atomic mass is 35.5. The summed E-state index contributed by atoms with van der Waals surface area (Å²) < 4.78 is 5.21. The van der Waals surface area contributed by atoms with Gasteiger partial charge in [-0.2, -0.15) is 4.98 Å². The van der Waals surface area contributed by atoms with Crippen molar-refractivity contribution in [1.82, 2.24) is 10.1 Å². The smallest absolute Gasteiger partial charge is 0.246 e. The minimum atomic E-state index is 0.447. The van der Waals surface area contributed by atoms with Gasteiger partial charge in [0.25, 0.3) is 0 Å². The van der Waals surface area contributed by atoms with Gasteiger partial charge in [0, 0.05) is 21.3 Å². The van der Waals surface area contributed by atoms with Gasteiger partial charge in [-0.1, -0.05) is 28.4 Å². The molecule has 0 spiro atoms. The van der Waals surface area contributed by atoms with E-state index >= 15 is 0 Å².